The second kappa shape index (κ2) is 6.40. The number of hydrogen-bond donors (Lipinski definition) is 3. The van der Waals surface area contributed by atoms with Crippen LogP contribution in [0.15, 0.2) is 24.4 Å². The lowest BCUT2D eigenvalue weighted by Crippen LogP contribution is -2.43. The number of nitrogens with zero attached hydrogens (tertiary/aromatic N) is 1. The van der Waals surface area contributed by atoms with E-state index in [0.717, 1.165) is 24.8 Å². The standard InChI is InChI=1S/C17H23N3O2/c1-12-2-5-15-13(11-19-16(15)10-12)6-7-18-17(22)20(8-9-21)14-3-4-14/h2,5,10-11,14,19,21H,3-4,6-9H2,1H3,(H,18,22). The third-order valence-electron chi connectivity index (χ3n) is 4.18. The first-order valence-electron chi connectivity index (χ1n) is 7.91. The predicted molar refractivity (Wildman–Crippen MR) is 87.0 cm³/mol. The highest BCUT2D eigenvalue weighted by Crippen LogP contribution is 2.26. The SMILES string of the molecule is Cc1ccc2c(CCNC(=O)N(CCO)C3CC3)c[nH]c2c1. The molecule has 22 heavy (non-hydrogen) atoms. The minimum absolute atomic E-state index is 0.0196. The van der Waals surface area contributed by atoms with Gasteiger partial charge >= 0.3 is 6.03 Å². The van der Waals surface area contributed by atoms with E-state index in [1.54, 1.807) is 4.90 Å². The zero-order chi connectivity index (χ0) is 15.5. The third kappa shape index (κ3) is 3.25. The summed E-state index contributed by atoms with van der Waals surface area (Å²) in [4.78, 5) is 17.2. The van der Waals surface area contributed by atoms with Gasteiger partial charge in [-0.2, -0.15) is 0 Å². The summed E-state index contributed by atoms with van der Waals surface area (Å²) in [5, 5.41) is 13.2. The number of fused-ring (bicyclic) bond motifs is 1. The first kappa shape index (κ1) is 14.9. The smallest absolute Gasteiger partial charge is 0.317 e. The number of aryl methyl sites for hydroxylation is 1. The number of carbonyl (C=O) groups is 1. The molecule has 0 radical (unpaired) electrons. The first-order valence-corrected chi connectivity index (χ1v) is 7.91. The van der Waals surface area contributed by atoms with Crippen molar-refractivity contribution in [2.24, 2.45) is 0 Å². The Morgan fingerprint density at radius 1 is 1.45 bits per heavy atom. The number of hydrogen-bond acceptors (Lipinski definition) is 2. The summed E-state index contributed by atoms with van der Waals surface area (Å²) in [7, 11) is 0. The average Bonchev–Trinajstić information content (AvgIpc) is 3.26. The summed E-state index contributed by atoms with van der Waals surface area (Å²) >= 11 is 0. The van der Waals surface area contributed by atoms with Crippen molar-refractivity contribution in [3.05, 3.63) is 35.5 Å². The van der Waals surface area contributed by atoms with Gasteiger partial charge in [-0.05, 0) is 43.4 Å². The van der Waals surface area contributed by atoms with Crippen LogP contribution in [0.4, 0.5) is 4.79 Å². The molecule has 1 aromatic carbocycles. The highest BCUT2D eigenvalue weighted by atomic mass is 16.3. The van der Waals surface area contributed by atoms with E-state index >= 15 is 0 Å². The number of urea groups is 1. The Kier molecular flexibility index (Phi) is 4.34. The molecule has 1 fully saturated rings. The Morgan fingerprint density at radius 2 is 2.27 bits per heavy atom. The number of aromatic nitrogens is 1. The van der Waals surface area contributed by atoms with Gasteiger partial charge in [-0.25, -0.2) is 4.79 Å². The number of aliphatic hydroxyl groups excluding tert-OH is 1. The molecule has 1 aliphatic rings. The van der Waals surface area contributed by atoms with E-state index in [2.05, 4.69) is 35.4 Å². The fraction of sp³-hybridized carbons (Fsp3) is 0.471. The van der Waals surface area contributed by atoms with Gasteiger partial charge in [0.2, 0.25) is 0 Å². The third-order valence-corrected chi connectivity index (χ3v) is 4.18. The van der Waals surface area contributed by atoms with Crippen LogP contribution < -0.4 is 5.32 Å². The molecule has 1 aromatic heterocycles. The van der Waals surface area contributed by atoms with Crippen molar-refractivity contribution in [3.8, 4) is 0 Å². The molecule has 3 rings (SSSR count). The molecule has 5 nitrogen and oxygen atoms in total. The number of rotatable bonds is 6. The lowest BCUT2D eigenvalue weighted by molar-refractivity contribution is 0.174. The van der Waals surface area contributed by atoms with Gasteiger partial charge in [-0.1, -0.05) is 12.1 Å². The van der Waals surface area contributed by atoms with Crippen LogP contribution in [-0.4, -0.2) is 46.8 Å². The topological polar surface area (TPSA) is 68.4 Å². The van der Waals surface area contributed by atoms with Crippen LogP contribution >= 0.6 is 0 Å². The number of H-pyrrole nitrogens is 1. The minimum Gasteiger partial charge on any atom is -0.395 e. The van der Waals surface area contributed by atoms with Crippen LogP contribution in [-0.2, 0) is 6.42 Å². The van der Waals surface area contributed by atoms with Crippen LogP contribution in [0.2, 0.25) is 0 Å². The van der Waals surface area contributed by atoms with Crippen molar-refractivity contribution in [2.45, 2.75) is 32.2 Å². The normalized spacial score (nSPS) is 14.3. The number of aliphatic hydroxyl groups is 1. The number of aromatic amines is 1. The summed E-state index contributed by atoms with van der Waals surface area (Å²) in [6, 6.07) is 6.62. The Bertz CT molecular complexity index is 661. The molecule has 2 amide bonds. The van der Waals surface area contributed by atoms with Crippen LogP contribution in [0.5, 0.6) is 0 Å². The maximum Gasteiger partial charge on any atom is 0.317 e. The molecule has 0 unspecified atom stereocenters. The van der Waals surface area contributed by atoms with Crippen LogP contribution in [0.1, 0.15) is 24.0 Å². The summed E-state index contributed by atoms with van der Waals surface area (Å²) < 4.78 is 0. The van der Waals surface area contributed by atoms with Crippen LogP contribution in [0.25, 0.3) is 10.9 Å². The molecule has 1 saturated carbocycles. The Hall–Kier alpha value is -2.01. The van der Waals surface area contributed by atoms with E-state index in [1.807, 2.05) is 6.20 Å². The molecule has 0 spiro atoms. The van der Waals surface area contributed by atoms with Crippen LogP contribution in [0.3, 0.4) is 0 Å². The van der Waals surface area contributed by atoms with E-state index in [-0.39, 0.29) is 12.6 Å². The molecule has 0 saturated heterocycles. The Labute approximate surface area is 130 Å². The lowest BCUT2D eigenvalue weighted by Gasteiger charge is -2.21. The van der Waals surface area contributed by atoms with Crippen molar-refractivity contribution in [3.63, 3.8) is 0 Å². The summed E-state index contributed by atoms with van der Waals surface area (Å²) in [6.07, 6.45) is 4.92. The zero-order valence-corrected chi connectivity index (χ0v) is 12.9. The van der Waals surface area contributed by atoms with Crippen molar-refractivity contribution in [2.75, 3.05) is 19.7 Å². The fourth-order valence-electron chi connectivity index (χ4n) is 2.86. The molecule has 3 N–H and O–H groups in total. The van der Waals surface area contributed by atoms with Crippen LogP contribution in [0, 0.1) is 6.92 Å². The largest absolute Gasteiger partial charge is 0.395 e. The lowest BCUT2D eigenvalue weighted by atomic mass is 10.1. The molecular formula is C17H23N3O2. The zero-order valence-electron chi connectivity index (χ0n) is 12.9. The number of amides is 2. The molecule has 118 valence electrons. The van der Waals surface area contributed by atoms with Gasteiger partial charge in [-0.15, -0.1) is 0 Å². The highest BCUT2D eigenvalue weighted by molar-refractivity contribution is 5.84. The minimum atomic E-state index is -0.0627. The molecule has 0 bridgehead atoms. The van der Waals surface area contributed by atoms with Gasteiger partial charge in [-0.3, -0.25) is 0 Å². The molecule has 1 aliphatic carbocycles. The molecule has 0 aliphatic heterocycles. The van der Waals surface area contributed by atoms with Gasteiger partial charge in [0.1, 0.15) is 0 Å². The van der Waals surface area contributed by atoms with E-state index in [0.29, 0.717) is 19.1 Å². The van der Waals surface area contributed by atoms with E-state index in [9.17, 15) is 4.79 Å². The molecule has 0 atom stereocenters. The average molecular weight is 301 g/mol. The van der Waals surface area contributed by atoms with Crippen molar-refractivity contribution in [1.29, 1.82) is 0 Å². The number of benzene rings is 1. The van der Waals surface area contributed by atoms with E-state index in [1.165, 1.54) is 16.5 Å². The second-order valence-corrected chi connectivity index (χ2v) is 5.99. The summed E-state index contributed by atoms with van der Waals surface area (Å²) in [5.74, 6) is 0. The van der Waals surface area contributed by atoms with Gasteiger partial charge < -0.3 is 20.3 Å². The number of nitrogens with one attached hydrogen (secondary N) is 2. The quantitative estimate of drug-likeness (QED) is 0.765. The molecule has 1 heterocycles. The maximum absolute atomic E-state index is 12.1. The van der Waals surface area contributed by atoms with Gasteiger partial charge in [0.15, 0.2) is 0 Å². The maximum atomic E-state index is 12.1. The molecular weight excluding hydrogens is 278 g/mol. The van der Waals surface area contributed by atoms with E-state index in [4.69, 9.17) is 5.11 Å². The fourth-order valence-corrected chi connectivity index (χ4v) is 2.86. The van der Waals surface area contributed by atoms with Gasteiger partial charge in [0.05, 0.1) is 6.61 Å². The first-order chi connectivity index (χ1) is 10.7. The Morgan fingerprint density at radius 3 is 3.00 bits per heavy atom. The van der Waals surface area contributed by atoms with Gasteiger partial charge in [0.25, 0.3) is 0 Å². The van der Waals surface area contributed by atoms with Crippen molar-refractivity contribution < 1.29 is 9.90 Å². The highest BCUT2D eigenvalue weighted by Gasteiger charge is 2.31. The summed E-state index contributed by atoms with van der Waals surface area (Å²) in [5.41, 5.74) is 3.59. The van der Waals surface area contributed by atoms with E-state index < -0.39 is 0 Å². The van der Waals surface area contributed by atoms with Crippen molar-refractivity contribution >= 4 is 16.9 Å². The number of carbonyl (C=O) groups excluding carboxylic acids is 1. The summed E-state index contributed by atoms with van der Waals surface area (Å²) in [6.45, 7) is 3.12. The molecule has 5 heteroatoms. The second-order valence-electron chi connectivity index (χ2n) is 5.99. The van der Waals surface area contributed by atoms with Gasteiger partial charge in [0, 0.05) is 36.2 Å². The predicted octanol–water partition coefficient (Wildman–Crippen LogP) is 2.19. The Balaban J connectivity index is 1.56. The molecule has 2 aromatic rings. The van der Waals surface area contributed by atoms with Crippen molar-refractivity contribution in [1.82, 2.24) is 15.2 Å². The monoisotopic (exact) mass is 301 g/mol.